The number of thiophene rings is 1. The summed E-state index contributed by atoms with van der Waals surface area (Å²) < 4.78 is 1.20. The van der Waals surface area contributed by atoms with E-state index in [0.717, 1.165) is 19.6 Å². The number of hydrogen-bond donors (Lipinski definition) is 1. The fourth-order valence-electron chi connectivity index (χ4n) is 1.41. The second kappa shape index (κ2) is 5.85. The third-order valence-corrected chi connectivity index (χ3v) is 3.65. The van der Waals surface area contributed by atoms with Crippen LogP contribution in [0.3, 0.4) is 0 Å². The normalized spacial score (nSPS) is 13.5. The molecule has 80 valence electrons. The van der Waals surface area contributed by atoms with Crippen LogP contribution in [0.1, 0.15) is 12.5 Å². The third kappa shape index (κ3) is 4.09. The van der Waals surface area contributed by atoms with E-state index in [4.69, 9.17) is 5.73 Å². The van der Waals surface area contributed by atoms with Gasteiger partial charge in [0.25, 0.3) is 0 Å². The lowest BCUT2D eigenvalue weighted by atomic mass is 10.1. The summed E-state index contributed by atoms with van der Waals surface area (Å²) in [4.78, 5) is 2.31. The number of nitrogens with two attached hydrogens (primary N) is 1. The number of nitrogens with zero attached hydrogens (tertiary/aromatic N) is 1. The monoisotopic (exact) mass is 276 g/mol. The third-order valence-electron chi connectivity index (χ3n) is 2.10. The van der Waals surface area contributed by atoms with Gasteiger partial charge in [0.2, 0.25) is 0 Å². The van der Waals surface area contributed by atoms with E-state index in [1.54, 1.807) is 11.3 Å². The Morgan fingerprint density at radius 3 is 2.86 bits per heavy atom. The molecule has 0 saturated carbocycles. The average molecular weight is 277 g/mol. The van der Waals surface area contributed by atoms with Crippen molar-refractivity contribution in [2.24, 2.45) is 11.7 Å². The van der Waals surface area contributed by atoms with Gasteiger partial charge in [-0.15, -0.1) is 11.3 Å². The van der Waals surface area contributed by atoms with E-state index in [9.17, 15) is 0 Å². The first-order valence-corrected chi connectivity index (χ1v) is 6.40. The highest BCUT2D eigenvalue weighted by Gasteiger charge is 2.06. The first kappa shape index (κ1) is 12.2. The van der Waals surface area contributed by atoms with Gasteiger partial charge in [-0.05, 0) is 52.5 Å². The summed E-state index contributed by atoms with van der Waals surface area (Å²) in [6.45, 7) is 5.01. The predicted molar refractivity (Wildman–Crippen MR) is 66.6 cm³/mol. The molecule has 14 heavy (non-hydrogen) atoms. The summed E-state index contributed by atoms with van der Waals surface area (Å²) in [7, 11) is 2.14. The highest BCUT2D eigenvalue weighted by atomic mass is 79.9. The molecule has 4 heteroatoms. The van der Waals surface area contributed by atoms with Gasteiger partial charge >= 0.3 is 0 Å². The van der Waals surface area contributed by atoms with E-state index in [0.29, 0.717) is 5.92 Å². The van der Waals surface area contributed by atoms with Crippen LogP contribution in [0.5, 0.6) is 0 Å². The van der Waals surface area contributed by atoms with Gasteiger partial charge in [-0.25, -0.2) is 0 Å². The van der Waals surface area contributed by atoms with Crippen LogP contribution in [-0.2, 0) is 6.54 Å². The van der Waals surface area contributed by atoms with Gasteiger partial charge in [-0.2, -0.15) is 0 Å². The van der Waals surface area contributed by atoms with Gasteiger partial charge < -0.3 is 10.6 Å². The molecule has 0 aliphatic rings. The molecule has 1 rings (SSSR count). The summed E-state index contributed by atoms with van der Waals surface area (Å²) >= 11 is 5.20. The molecule has 1 atom stereocenters. The maximum Gasteiger partial charge on any atom is 0.0701 e. The van der Waals surface area contributed by atoms with Crippen molar-refractivity contribution in [3.63, 3.8) is 0 Å². The molecule has 0 aliphatic carbocycles. The van der Waals surface area contributed by atoms with Gasteiger partial charge in [0.15, 0.2) is 0 Å². The Bertz CT molecular complexity index is 275. The Balaban J connectivity index is 2.37. The second-order valence-corrected chi connectivity index (χ2v) is 6.09. The zero-order valence-electron chi connectivity index (χ0n) is 8.66. The lowest BCUT2D eigenvalue weighted by Crippen LogP contribution is -2.27. The smallest absolute Gasteiger partial charge is 0.0701 e. The molecule has 1 aromatic heterocycles. The van der Waals surface area contributed by atoms with Crippen molar-refractivity contribution in [1.29, 1.82) is 0 Å². The summed E-state index contributed by atoms with van der Waals surface area (Å²) in [5, 5.41) is 2.19. The van der Waals surface area contributed by atoms with Gasteiger partial charge in [-0.3, -0.25) is 0 Å². The van der Waals surface area contributed by atoms with Gasteiger partial charge in [-0.1, -0.05) is 6.92 Å². The Morgan fingerprint density at radius 1 is 1.64 bits per heavy atom. The van der Waals surface area contributed by atoms with Crippen LogP contribution in [0.2, 0.25) is 0 Å². The molecule has 1 unspecified atom stereocenters. The molecule has 0 fully saturated rings. The van der Waals surface area contributed by atoms with E-state index < -0.39 is 0 Å². The van der Waals surface area contributed by atoms with E-state index in [2.05, 4.69) is 46.2 Å². The first-order chi connectivity index (χ1) is 6.61. The molecule has 0 saturated heterocycles. The fourth-order valence-corrected chi connectivity index (χ4v) is 2.61. The van der Waals surface area contributed by atoms with Crippen molar-refractivity contribution >= 4 is 27.3 Å². The number of rotatable bonds is 5. The highest BCUT2D eigenvalue weighted by molar-refractivity contribution is 9.11. The van der Waals surface area contributed by atoms with Crippen LogP contribution in [0.4, 0.5) is 0 Å². The van der Waals surface area contributed by atoms with Crippen LogP contribution in [-0.4, -0.2) is 25.0 Å². The Kier molecular flexibility index (Phi) is 5.09. The van der Waals surface area contributed by atoms with Gasteiger partial charge in [0, 0.05) is 13.1 Å². The fraction of sp³-hybridized carbons (Fsp3) is 0.600. The second-order valence-electron chi connectivity index (χ2n) is 3.80. The lowest BCUT2D eigenvalue weighted by molar-refractivity contribution is 0.282. The topological polar surface area (TPSA) is 29.3 Å². The van der Waals surface area contributed by atoms with Crippen molar-refractivity contribution < 1.29 is 0 Å². The molecular weight excluding hydrogens is 260 g/mol. The molecule has 0 aromatic carbocycles. The summed E-state index contributed by atoms with van der Waals surface area (Å²) in [6, 6.07) is 2.17. The SMILES string of the molecule is CC(CN)CN(C)Cc1csc(Br)c1. The summed E-state index contributed by atoms with van der Waals surface area (Å²) in [6.07, 6.45) is 0. The number of hydrogen-bond acceptors (Lipinski definition) is 3. The molecule has 1 heterocycles. The molecule has 2 nitrogen and oxygen atoms in total. The Morgan fingerprint density at radius 2 is 2.36 bits per heavy atom. The molecule has 1 aromatic rings. The standard InChI is InChI=1S/C10H17BrN2S/c1-8(4-12)5-13(2)6-9-3-10(11)14-7-9/h3,7-8H,4-6,12H2,1-2H3. The zero-order chi connectivity index (χ0) is 10.6. The van der Waals surface area contributed by atoms with Crippen molar-refractivity contribution in [3.05, 3.63) is 20.8 Å². The molecule has 0 amide bonds. The molecular formula is C10H17BrN2S. The maximum atomic E-state index is 5.59. The lowest BCUT2D eigenvalue weighted by Gasteiger charge is -2.19. The van der Waals surface area contributed by atoms with Crippen LogP contribution >= 0.6 is 27.3 Å². The molecule has 0 aliphatic heterocycles. The number of halogens is 1. The quantitative estimate of drug-likeness (QED) is 0.896. The molecule has 2 N–H and O–H groups in total. The summed E-state index contributed by atoms with van der Waals surface area (Å²) in [5.74, 6) is 0.571. The Labute approximate surface area is 98.2 Å². The Hall–Kier alpha value is 0.100. The van der Waals surface area contributed by atoms with Gasteiger partial charge in [0.1, 0.15) is 0 Å². The van der Waals surface area contributed by atoms with Crippen LogP contribution < -0.4 is 5.73 Å². The van der Waals surface area contributed by atoms with Crippen LogP contribution in [0.25, 0.3) is 0 Å². The minimum Gasteiger partial charge on any atom is -0.330 e. The zero-order valence-corrected chi connectivity index (χ0v) is 11.1. The van der Waals surface area contributed by atoms with Crippen LogP contribution in [0.15, 0.2) is 15.2 Å². The van der Waals surface area contributed by atoms with Crippen molar-refractivity contribution in [2.75, 3.05) is 20.1 Å². The first-order valence-electron chi connectivity index (χ1n) is 4.73. The van der Waals surface area contributed by atoms with Crippen molar-refractivity contribution in [1.82, 2.24) is 4.90 Å². The summed E-state index contributed by atoms with van der Waals surface area (Å²) in [5.41, 5.74) is 6.95. The van der Waals surface area contributed by atoms with Crippen molar-refractivity contribution in [2.45, 2.75) is 13.5 Å². The van der Waals surface area contributed by atoms with E-state index in [1.165, 1.54) is 9.35 Å². The van der Waals surface area contributed by atoms with E-state index in [1.807, 2.05) is 0 Å². The minimum absolute atomic E-state index is 0.571. The average Bonchev–Trinajstić information content (AvgIpc) is 2.50. The maximum absolute atomic E-state index is 5.59. The highest BCUT2D eigenvalue weighted by Crippen LogP contribution is 2.21. The minimum atomic E-state index is 0.571. The molecule has 0 spiro atoms. The largest absolute Gasteiger partial charge is 0.330 e. The van der Waals surface area contributed by atoms with Gasteiger partial charge in [0.05, 0.1) is 3.79 Å². The van der Waals surface area contributed by atoms with E-state index >= 15 is 0 Å². The van der Waals surface area contributed by atoms with Crippen LogP contribution in [0, 0.1) is 5.92 Å². The molecule has 0 bridgehead atoms. The predicted octanol–water partition coefficient (Wildman–Crippen LogP) is 2.54. The van der Waals surface area contributed by atoms with Crippen molar-refractivity contribution in [3.8, 4) is 0 Å². The van der Waals surface area contributed by atoms with E-state index in [-0.39, 0.29) is 0 Å². The molecule has 0 radical (unpaired) electrons.